The second-order valence-corrected chi connectivity index (χ2v) is 7.48. The zero-order valence-corrected chi connectivity index (χ0v) is 17.0. The number of halogens is 1. The maximum absolute atomic E-state index is 14.9. The van der Waals surface area contributed by atoms with E-state index in [1.807, 2.05) is 65.6 Å². The molecule has 5 nitrogen and oxygen atoms in total. The fourth-order valence-corrected chi connectivity index (χ4v) is 3.64. The third kappa shape index (κ3) is 5.05. The summed E-state index contributed by atoms with van der Waals surface area (Å²) >= 11 is 0. The number of amides is 2. The lowest BCUT2D eigenvalue weighted by Crippen LogP contribution is -2.36. The number of hydroxylamine groups is 2. The van der Waals surface area contributed by atoms with E-state index in [0.717, 1.165) is 11.1 Å². The van der Waals surface area contributed by atoms with Gasteiger partial charge in [0.15, 0.2) is 0 Å². The topological polar surface area (TPSA) is 49.9 Å². The number of alkyl halides is 1. The summed E-state index contributed by atoms with van der Waals surface area (Å²) in [5.74, 6) is -1.11. The molecule has 0 fully saturated rings. The summed E-state index contributed by atoms with van der Waals surface area (Å²) in [7, 11) is 0. The minimum Gasteiger partial charge on any atom is -0.292 e. The number of hydrogen-bond acceptors (Lipinski definition) is 4. The van der Waals surface area contributed by atoms with Crippen molar-refractivity contribution in [2.45, 2.75) is 19.3 Å². The van der Waals surface area contributed by atoms with Crippen LogP contribution in [0, 0.1) is 0 Å². The third-order valence-corrected chi connectivity index (χ3v) is 5.10. The molecule has 158 valence electrons. The van der Waals surface area contributed by atoms with Gasteiger partial charge >= 0.3 is 0 Å². The van der Waals surface area contributed by atoms with Gasteiger partial charge in [-0.25, -0.2) is 4.39 Å². The Morgan fingerprint density at radius 1 is 0.742 bits per heavy atom. The quantitative estimate of drug-likeness (QED) is 0.488. The van der Waals surface area contributed by atoms with Crippen molar-refractivity contribution in [2.75, 3.05) is 13.2 Å². The molecule has 1 unspecified atom stereocenters. The van der Waals surface area contributed by atoms with Crippen LogP contribution in [0.15, 0.2) is 84.9 Å². The van der Waals surface area contributed by atoms with Gasteiger partial charge in [0.2, 0.25) is 0 Å². The molecule has 6 heteroatoms. The monoisotopic (exact) mass is 418 g/mol. The molecule has 0 saturated carbocycles. The zero-order chi connectivity index (χ0) is 21.6. The highest BCUT2D eigenvalue weighted by molar-refractivity contribution is 6.20. The Morgan fingerprint density at radius 3 is 1.68 bits per heavy atom. The fraction of sp³-hybridized carbons (Fsp3) is 0.200. The SMILES string of the molecule is O=C1c2ccccc2C(=O)N1OCC(F)CN(Cc1ccccc1)Cc1ccccc1. The van der Waals surface area contributed by atoms with E-state index in [0.29, 0.717) is 18.2 Å². The third-order valence-electron chi connectivity index (χ3n) is 5.10. The van der Waals surface area contributed by atoms with Gasteiger partial charge in [0.05, 0.1) is 11.1 Å². The molecule has 0 radical (unpaired) electrons. The average molecular weight is 418 g/mol. The normalized spacial score (nSPS) is 14.2. The molecular formula is C25H23FN2O3. The molecule has 0 spiro atoms. The molecule has 3 aromatic carbocycles. The summed E-state index contributed by atoms with van der Waals surface area (Å²) in [5.41, 5.74) is 2.70. The number of fused-ring (bicyclic) bond motifs is 1. The molecule has 31 heavy (non-hydrogen) atoms. The van der Waals surface area contributed by atoms with Crippen molar-refractivity contribution in [3.63, 3.8) is 0 Å². The Bertz CT molecular complexity index is 966. The predicted molar refractivity (Wildman–Crippen MR) is 115 cm³/mol. The molecule has 0 aliphatic carbocycles. The van der Waals surface area contributed by atoms with Gasteiger partial charge in [0.25, 0.3) is 11.8 Å². The number of rotatable bonds is 9. The highest BCUT2D eigenvalue weighted by Crippen LogP contribution is 2.23. The number of imide groups is 1. The van der Waals surface area contributed by atoms with Crippen LogP contribution >= 0.6 is 0 Å². The van der Waals surface area contributed by atoms with Crippen molar-refractivity contribution in [1.82, 2.24) is 9.96 Å². The predicted octanol–water partition coefficient (Wildman–Crippen LogP) is 4.25. The summed E-state index contributed by atoms with van der Waals surface area (Å²) in [6.07, 6.45) is -1.38. The Labute approximate surface area is 180 Å². The molecule has 4 rings (SSSR count). The molecule has 3 aromatic rings. The maximum Gasteiger partial charge on any atom is 0.285 e. The molecule has 0 saturated heterocycles. The number of hydrogen-bond donors (Lipinski definition) is 0. The lowest BCUT2D eigenvalue weighted by Gasteiger charge is -2.25. The van der Waals surface area contributed by atoms with Gasteiger partial charge in [-0.3, -0.25) is 19.3 Å². The Morgan fingerprint density at radius 2 is 1.19 bits per heavy atom. The van der Waals surface area contributed by atoms with Crippen molar-refractivity contribution in [3.8, 4) is 0 Å². The van der Waals surface area contributed by atoms with Crippen LogP contribution in [-0.4, -0.2) is 41.1 Å². The van der Waals surface area contributed by atoms with Crippen molar-refractivity contribution in [2.24, 2.45) is 0 Å². The molecule has 2 amide bonds. The summed E-state index contributed by atoms with van der Waals surface area (Å²) in [6.45, 7) is 0.866. The Balaban J connectivity index is 1.38. The van der Waals surface area contributed by atoms with Crippen molar-refractivity contribution >= 4 is 11.8 Å². The standard InChI is InChI=1S/C25H23FN2O3/c26-21(18-31-28-24(29)22-13-7-8-14-23(22)25(28)30)17-27(15-19-9-3-1-4-10-19)16-20-11-5-2-6-12-20/h1-14,21H,15-18H2. The van der Waals surface area contributed by atoms with Crippen LogP contribution in [0.1, 0.15) is 31.8 Å². The first kappa shape index (κ1) is 20.9. The molecule has 0 N–H and O–H groups in total. The van der Waals surface area contributed by atoms with E-state index in [1.165, 1.54) is 0 Å². The van der Waals surface area contributed by atoms with Crippen LogP contribution in [0.5, 0.6) is 0 Å². The highest BCUT2D eigenvalue weighted by Gasteiger charge is 2.37. The van der Waals surface area contributed by atoms with E-state index in [9.17, 15) is 14.0 Å². The largest absolute Gasteiger partial charge is 0.292 e. The lowest BCUT2D eigenvalue weighted by atomic mass is 10.1. The number of carbonyl (C=O) groups is 2. The van der Waals surface area contributed by atoms with Gasteiger partial charge in [0, 0.05) is 19.6 Å². The van der Waals surface area contributed by atoms with E-state index in [4.69, 9.17) is 4.84 Å². The van der Waals surface area contributed by atoms with Crippen molar-refractivity contribution in [3.05, 3.63) is 107 Å². The van der Waals surface area contributed by atoms with Crippen LogP contribution in [0.25, 0.3) is 0 Å². The smallest absolute Gasteiger partial charge is 0.285 e. The first-order valence-electron chi connectivity index (χ1n) is 10.2. The van der Waals surface area contributed by atoms with Crippen molar-refractivity contribution in [1.29, 1.82) is 0 Å². The van der Waals surface area contributed by atoms with Gasteiger partial charge in [-0.1, -0.05) is 72.8 Å². The van der Waals surface area contributed by atoms with Crippen molar-refractivity contribution < 1.29 is 18.8 Å². The first-order valence-corrected chi connectivity index (χ1v) is 10.2. The summed E-state index contributed by atoms with van der Waals surface area (Å²) in [6, 6.07) is 26.2. The second kappa shape index (κ2) is 9.64. The lowest BCUT2D eigenvalue weighted by molar-refractivity contribution is -0.108. The first-order chi connectivity index (χ1) is 15.1. The zero-order valence-electron chi connectivity index (χ0n) is 17.0. The minimum absolute atomic E-state index is 0.104. The number of benzene rings is 3. The van der Waals surface area contributed by atoms with E-state index in [1.54, 1.807) is 24.3 Å². The Hall–Kier alpha value is -3.35. The van der Waals surface area contributed by atoms with Gasteiger partial charge in [0.1, 0.15) is 12.8 Å². The second-order valence-electron chi connectivity index (χ2n) is 7.48. The summed E-state index contributed by atoms with van der Waals surface area (Å²) in [4.78, 5) is 32.0. The average Bonchev–Trinajstić information content (AvgIpc) is 3.04. The molecule has 1 heterocycles. The van der Waals surface area contributed by atoms with Crippen LogP contribution in [0.4, 0.5) is 4.39 Å². The number of carbonyl (C=O) groups excluding carboxylic acids is 2. The highest BCUT2D eigenvalue weighted by atomic mass is 19.1. The minimum atomic E-state index is -1.38. The maximum atomic E-state index is 14.9. The van der Waals surface area contributed by atoms with Gasteiger partial charge in [-0.05, 0) is 23.3 Å². The van der Waals surface area contributed by atoms with E-state index in [2.05, 4.69) is 0 Å². The summed E-state index contributed by atoms with van der Waals surface area (Å²) in [5, 5.41) is 0.663. The van der Waals surface area contributed by atoms with Gasteiger partial charge < -0.3 is 0 Å². The molecule has 0 aromatic heterocycles. The fourth-order valence-electron chi connectivity index (χ4n) is 3.64. The van der Waals surface area contributed by atoms with E-state index < -0.39 is 18.0 Å². The van der Waals surface area contributed by atoms with E-state index in [-0.39, 0.29) is 24.3 Å². The molecule has 1 aliphatic rings. The van der Waals surface area contributed by atoms with Crippen LogP contribution in [-0.2, 0) is 17.9 Å². The van der Waals surface area contributed by atoms with Crippen LogP contribution < -0.4 is 0 Å². The van der Waals surface area contributed by atoms with E-state index >= 15 is 0 Å². The molecule has 0 bridgehead atoms. The molecular weight excluding hydrogens is 395 g/mol. The molecule has 1 aliphatic heterocycles. The molecule has 1 atom stereocenters. The Kier molecular flexibility index (Phi) is 6.50. The van der Waals surface area contributed by atoms with Gasteiger partial charge in [-0.15, -0.1) is 5.06 Å². The van der Waals surface area contributed by atoms with Crippen LogP contribution in [0.3, 0.4) is 0 Å². The summed E-state index contributed by atoms with van der Waals surface area (Å²) < 4.78 is 14.9. The van der Waals surface area contributed by atoms with Gasteiger partial charge in [-0.2, -0.15) is 0 Å². The van der Waals surface area contributed by atoms with Crippen LogP contribution in [0.2, 0.25) is 0 Å². The number of nitrogens with zero attached hydrogens (tertiary/aromatic N) is 2.